The van der Waals surface area contributed by atoms with Crippen molar-refractivity contribution in [3.8, 4) is 11.5 Å². The van der Waals surface area contributed by atoms with E-state index in [1.807, 2.05) is 31.2 Å². The molecule has 0 bridgehead atoms. The number of hydrogen-bond donors (Lipinski definition) is 2. The molecule has 96 valence electrons. The smallest absolute Gasteiger partial charge is 0.119 e. The second kappa shape index (κ2) is 6.47. The monoisotopic (exact) mass is 240 g/mol. The lowest BCUT2D eigenvalue weighted by Gasteiger charge is -2.24. The Morgan fingerprint density at radius 1 is 1.06 bits per heavy atom. The lowest BCUT2D eigenvalue weighted by atomic mass is 9.89. The Balaban J connectivity index is 2.40. The van der Waals surface area contributed by atoms with Gasteiger partial charge in [-0.05, 0) is 30.7 Å². The SMILES string of the molecule is COc1ccc(OCCC(C)(CO)CO)cc1. The fourth-order valence-electron chi connectivity index (χ4n) is 1.30. The molecule has 0 amide bonds. The minimum atomic E-state index is -0.480. The molecule has 1 aromatic carbocycles. The number of methoxy groups -OCH3 is 1. The summed E-state index contributed by atoms with van der Waals surface area (Å²) in [4.78, 5) is 0. The average molecular weight is 240 g/mol. The summed E-state index contributed by atoms with van der Waals surface area (Å²) in [5.74, 6) is 1.54. The second-order valence-corrected chi connectivity index (χ2v) is 4.40. The van der Waals surface area contributed by atoms with Crippen LogP contribution < -0.4 is 9.47 Å². The van der Waals surface area contributed by atoms with Crippen LogP contribution in [0.4, 0.5) is 0 Å². The third-order valence-corrected chi connectivity index (χ3v) is 2.80. The summed E-state index contributed by atoms with van der Waals surface area (Å²) in [5.41, 5.74) is -0.480. The molecule has 0 saturated carbocycles. The summed E-state index contributed by atoms with van der Waals surface area (Å²) in [6.45, 7) is 2.19. The van der Waals surface area contributed by atoms with Crippen molar-refractivity contribution in [1.29, 1.82) is 0 Å². The summed E-state index contributed by atoms with van der Waals surface area (Å²) >= 11 is 0. The van der Waals surface area contributed by atoms with E-state index in [1.54, 1.807) is 7.11 Å². The number of aliphatic hydroxyl groups excluding tert-OH is 2. The fraction of sp³-hybridized carbons (Fsp3) is 0.538. The molecule has 0 spiro atoms. The molecule has 0 aliphatic heterocycles. The zero-order chi connectivity index (χ0) is 12.7. The highest BCUT2D eigenvalue weighted by Crippen LogP contribution is 2.21. The van der Waals surface area contributed by atoms with Gasteiger partial charge in [0.15, 0.2) is 0 Å². The van der Waals surface area contributed by atoms with Gasteiger partial charge in [0, 0.05) is 5.41 Å². The van der Waals surface area contributed by atoms with Crippen LogP contribution >= 0.6 is 0 Å². The molecular weight excluding hydrogens is 220 g/mol. The van der Waals surface area contributed by atoms with Gasteiger partial charge in [-0.2, -0.15) is 0 Å². The highest BCUT2D eigenvalue weighted by atomic mass is 16.5. The number of hydrogen-bond acceptors (Lipinski definition) is 4. The number of aliphatic hydroxyl groups is 2. The van der Waals surface area contributed by atoms with E-state index in [-0.39, 0.29) is 13.2 Å². The predicted octanol–water partition coefficient (Wildman–Crippen LogP) is 1.45. The van der Waals surface area contributed by atoms with Gasteiger partial charge in [0.1, 0.15) is 11.5 Å². The van der Waals surface area contributed by atoms with Crippen LogP contribution in [-0.4, -0.2) is 37.1 Å². The van der Waals surface area contributed by atoms with Crippen LogP contribution in [-0.2, 0) is 0 Å². The lowest BCUT2D eigenvalue weighted by molar-refractivity contribution is 0.0505. The molecule has 0 saturated heterocycles. The van der Waals surface area contributed by atoms with Crippen molar-refractivity contribution in [2.75, 3.05) is 26.9 Å². The highest BCUT2D eigenvalue weighted by Gasteiger charge is 2.22. The molecule has 1 rings (SSSR count). The molecule has 0 aromatic heterocycles. The van der Waals surface area contributed by atoms with E-state index in [9.17, 15) is 0 Å². The lowest BCUT2D eigenvalue weighted by Crippen LogP contribution is -2.28. The Morgan fingerprint density at radius 2 is 1.59 bits per heavy atom. The Labute approximate surface area is 102 Å². The topological polar surface area (TPSA) is 58.9 Å². The molecule has 2 N–H and O–H groups in total. The third-order valence-electron chi connectivity index (χ3n) is 2.80. The van der Waals surface area contributed by atoms with Gasteiger partial charge in [-0.25, -0.2) is 0 Å². The van der Waals surface area contributed by atoms with E-state index in [0.717, 1.165) is 11.5 Å². The molecule has 4 nitrogen and oxygen atoms in total. The number of rotatable bonds is 7. The van der Waals surface area contributed by atoms with Gasteiger partial charge in [-0.1, -0.05) is 6.92 Å². The van der Waals surface area contributed by atoms with Crippen LogP contribution in [0.2, 0.25) is 0 Å². The quantitative estimate of drug-likeness (QED) is 0.757. The van der Waals surface area contributed by atoms with Crippen LogP contribution in [0, 0.1) is 5.41 Å². The van der Waals surface area contributed by atoms with Gasteiger partial charge in [0.05, 0.1) is 26.9 Å². The molecule has 0 aliphatic rings. The summed E-state index contributed by atoms with van der Waals surface area (Å²) in [6.07, 6.45) is 0.603. The maximum atomic E-state index is 9.12. The zero-order valence-corrected chi connectivity index (χ0v) is 10.3. The minimum absolute atomic E-state index is 0.0462. The first kappa shape index (κ1) is 13.8. The molecule has 0 radical (unpaired) electrons. The molecule has 4 heteroatoms. The summed E-state index contributed by atoms with van der Waals surface area (Å²) in [7, 11) is 1.61. The Kier molecular flexibility index (Phi) is 5.25. The molecule has 0 atom stereocenters. The molecule has 0 fully saturated rings. The van der Waals surface area contributed by atoms with Crippen molar-refractivity contribution in [3.05, 3.63) is 24.3 Å². The summed E-state index contributed by atoms with van der Waals surface area (Å²) in [6, 6.07) is 7.31. The standard InChI is InChI=1S/C13H20O4/c1-13(9-14,10-15)7-8-17-12-5-3-11(16-2)4-6-12/h3-6,14-15H,7-10H2,1-2H3. The summed E-state index contributed by atoms with van der Waals surface area (Å²) in [5, 5.41) is 18.2. The first-order valence-electron chi connectivity index (χ1n) is 5.62. The summed E-state index contributed by atoms with van der Waals surface area (Å²) < 4.78 is 10.6. The van der Waals surface area contributed by atoms with Crippen LogP contribution in [0.3, 0.4) is 0 Å². The Bertz CT molecular complexity index is 317. The normalized spacial score (nSPS) is 11.3. The fourth-order valence-corrected chi connectivity index (χ4v) is 1.30. The number of ether oxygens (including phenoxy) is 2. The van der Waals surface area contributed by atoms with Gasteiger partial charge in [-0.15, -0.1) is 0 Å². The number of benzene rings is 1. The Hall–Kier alpha value is -1.26. The highest BCUT2D eigenvalue weighted by molar-refractivity contribution is 5.31. The largest absolute Gasteiger partial charge is 0.497 e. The van der Waals surface area contributed by atoms with Crippen molar-refractivity contribution >= 4 is 0 Å². The molecule has 0 unspecified atom stereocenters. The second-order valence-electron chi connectivity index (χ2n) is 4.40. The van der Waals surface area contributed by atoms with Gasteiger partial charge >= 0.3 is 0 Å². The first-order valence-corrected chi connectivity index (χ1v) is 5.62. The molecule has 1 aromatic rings. The van der Waals surface area contributed by atoms with Crippen LogP contribution in [0.25, 0.3) is 0 Å². The van der Waals surface area contributed by atoms with Crippen molar-refractivity contribution in [2.45, 2.75) is 13.3 Å². The molecule has 0 heterocycles. The van der Waals surface area contributed by atoms with E-state index in [2.05, 4.69) is 0 Å². The zero-order valence-electron chi connectivity index (χ0n) is 10.3. The maximum absolute atomic E-state index is 9.12. The third kappa shape index (κ3) is 4.24. The van der Waals surface area contributed by atoms with Crippen molar-refractivity contribution in [1.82, 2.24) is 0 Å². The van der Waals surface area contributed by atoms with Gasteiger partial charge in [-0.3, -0.25) is 0 Å². The van der Waals surface area contributed by atoms with Gasteiger partial charge < -0.3 is 19.7 Å². The Morgan fingerprint density at radius 3 is 2.06 bits per heavy atom. The van der Waals surface area contributed by atoms with E-state index >= 15 is 0 Å². The van der Waals surface area contributed by atoms with Crippen molar-refractivity contribution in [2.24, 2.45) is 5.41 Å². The van der Waals surface area contributed by atoms with Gasteiger partial charge in [0.25, 0.3) is 0 Å². The van der Waals surface area contributed by atoms with E-state index in [4.69, 9.17) is 19.7 Å². The first-order chi connectivity index (χ1) is 8.13. The van der Waals surface area contributed by atoms with E-state index in [1.165, 1.54) is 0 Å². The van der Waals surface area contributed by atoms with Crippen molar-refractivity contribution < 1.29 is 19.7 Å². The van der Waals surface area contributed by atoms with Crippen molar-refractivity contribution in [3.63, 3.8) is 0 Å². The van der Waals surface area contributed by atoms with E-state index in [0.29, 0.717) is 13.0 Å². The molecule has 0 aliphatic carbocycles. The van der Waals surface area contributed by atoms with E-state index < -0.39 is 5.41 Å². The van der Waals surface area contributed by atoms with Crippen LogP contribution in [0.5, 0.6) is 11.5 Å². The molecule has 17 heavy (non-hydrogen) atoms. The molecular formula is C13H20O4. The minimum Gasteiger partial charge on any atom is -0.497 e. The van der Waals surface area contributed by atoms with Crippen LogP contribution in [0.1, 0.15) is 13.3 Å². The van der Waals surface area contributed by atoms with Gasteiger partial charge in [0.2, 0.25) is 0 Å². The predicted molar refractivity (Wildman–Crippen MR) is 65.4 cm³/mol. The average Bonchev–Trinajstić information content (AvgIpc) is 2.39. The van der Waals surface area contributed by atoms with Crippen LogP contribution in [0.15, 0.2) is 24.3 Å². The maximum Gasteiger partial charge on any atom is 0.119 e.